The molecule has 2 aromatic rings. The molecule has 1 heterocycles. The first-order chi connectivity index (χ1) is 9.38. The van der Waals surface area contributed by atoms with Gasteiger partial charge in [0, 0.05) is 17.2 Å². The van der Waals surface area contributed by atoms with E-state index in [1.807, 2.05) is 36.4 Å². The predicted molar refractivity (Wildman–Crippen MR) is 75.4 cm³/mol. The second-order valence-corrected chi connectivity index (χ2v) is 4.31. The third kappa shape index (κ3) is 2.32. The number of ether oxygens (including phenoxy) is 2. The molecular formula is C16H15NO2. The Balaban J connectivity index is 2.10. The second kappa shape index (κ2) is 5.14. The van der Waals surface area contributed by atoms with Crippen molar-refractivity contribution >= 4 is 5.71 Å². The van der Waals surface area contributed by atoms with Crippen molar-refractivity contribution in [3.8, 4) is 11.5 Å². The highest BCUT2D eigenvalue weighted by atomic mass is 16.5. The van der Waals surface area contributed by atoms with Crippen LogP contribution in [0.15, 0.2) is 53.5 Å². The number of benzene rings is 2. The van der Waals surface area contributed by atoms with Crippen molar-refractivity contribution in [2.75, 3.05) is 20.3 Å². The third-order valence-corrected chi connectivity index (χ3v) is 3.11. The maximum atomic E-state index is 5.75. The Labute approximate surface area is 112 Å². The molecule has 0 spiro atoms. The summed E-state index contributed by atoms with van der Waals surface area (Å²) in [5.74, 6) is 1.63. The Hall–Kier alpha value is -2.29. The summed E-state index contributed by atoms with van der Waals surface area (Å²) in [5.41, 5.74) is 3.11. The number of hydrogen-bond acceptors (Lipinski definition) is 3. The number of hydrogen-bond donors (Lipinski definition) is 0. The molecule has 0 saturated heterocycles. The zero-order chi connectivity index (χ0) is 13.1. The van der Waals surface area contributed by atoms with Crippen LogP contribution >= 0.6 is 0 Å². The van der Waals surface area contributed by atoms with E-state index in [4.69, 9.17) is 9.47 Å². The van der Waals surface area contributed by atoms with Gasteiger partial charge in [-0.2, -0.15) is 0 Å². The first kappa shape index (κ1) is 11.8. The van der Waals surface area contributed by atoms with Gasteiger partial charge in [0.05, 0.1) is 19.4 Å². The quantitative estimate of drug-likeness (QED) is 0.824. The number of methoxy groups -OCH3 is 1. The van der Waals surface area contributed by atoms with Crippen LogP contribution in [-0.4, -0.2) is 26.0 Å². The van der Waals surface area contributed by atoms with Gasteiger partial charge in [0.25, 0.3) is 0 Å². The van der Waals surface area contributed by atoms with Crippen LogP contribution in [-0.2, 0) is 0 Å². The lowest BCUT2D eigenvalue weighted by Crippen LogP contribution is -2.03. The molecule has 0 radical (unpaired) electrons. The molecule has 0 N–H and O–H groups in total. The SMILES string of the molecule is COc1ccc2c(c1)OCCN=C2c1ccccc1. The lowest BCUT2D eigenvalue weighted by atomic mass is 10.0. The van der Waals surface area contributed by atoms with Gasteiger partial charge in [0.15, 0.2) is 0 Å². The van der Waals surface area contributed by atoms with Gasteiger partial charge in [-0.3, -0.25) is 4.99 Å². The summed E-state index contributed by atoms with van der Waals surface area (Å²) in [6.45, 7) is 1.26. The molecule has 1 aliphatic rings. The minimum Gasteiger partial charge on any atom is -0.497 e. The lowest BCUT2D eigenvalue weighted by Gasteiger charge is -2.11. The molecule has 1 aliphatic heterocycles. The normalized spacial score (nSPS) is 13.8. The molecular weight excluding hydrogens is 238 g/mol. The largest absolute Gasteiger partial charge is 0.497 e. The summed E-state index contributed by atoms with van der Waals surface area (Å²) in [5, 5.41) is 0. The third-order valence-electron chi connectivity index (χ3n) is 3.11. The van der Waals surface area contributed by atoms with Gasteiger partial charge in [0.1, 0.15) is 18.1 Å². The maximum Gasteiger partial charge on any atom is 0.132 e. The highest BCUT2D eigenvalue weighted by Crippen LogP contribution is 2.28. The molecule has 96 valence electrons. The zero-order valence-corrected chi connectivity index (χ0v) is 10.8. The van der Waals surface area contributed by atoms with E-state index in [2.05, 4.69) is 17.1 Å². The van der Waals surface area contributed by atoms with Crippen molar-refractivity contribution in [2.45, 2.75) is 0 Å². The van der Waals surface area contributed by atoms with Crippen molar-refractivity contribution in [3.05, 3.63) is 59.7 Å². The van der Waals surface area contributed by atoms with Gasteiger partial charge >= 0.3 is 0 Å². The van der Waals surface area contributed by atoms with Gasteiger partial charge in [-0.05, 0) is 12.1 Å². The fourth-order valence-electron chi connectivity index (χ4n) is 2.19. The van der Waals surface area contributed by atoms with Crippen molar-refractivity contribution in [2.24, 2.45) is 4.99 Å². The van der Waals surface area contributed by atoms with Crippen LogP contribution in [0, 0.1) is 0 Å². The van der Waals surface area contributed by atoms with Crippen LogP contribution in [0.1, 0.15) is 11.1 Å². The van der Waals surface area contributed by atoms with Gasteiger partial charge < -0.3 is 9.47 Å². The highest BCUT2D eigenvalue weighted by molar-refractivity contribution is 6.14. The average Bonchev–Trinajstić information content (AvgIpc) is 2.69. The maximum absolute atomic E-state index is 5.75. The molecule has 2 aromatic carbocycles. The standard InChI is InChI=1S/C16H15NO2/c1-18-13-7-8-14-15(11-13)19-10-9-17-16(14)12-5-3-2-4-6-12/h2-8,11H,9-10H2,1H3. The summed E-state index contributed by atoms with van der Waals surface area (Å²) >= 11 is 0. The number of fused-ring (bicyclic) bond motifs is 1. The average molecular weight is 253 g/mol. The van der Waals surface area contributed by atoms with Crippen molar-refractivity contribution in [1.82, 2.24) is 0 Å². The van der Waals surface area contributed by atoms with E-state index < -0.39 is 0 Å². The van der Waals surface area contributed by atoms with Crippen LogP contribution in [0.4, 0.5) is 0 Å². The second-order valence-electron chi connectivity index (χ2n) is 4.31. The first-order valence-corrected chi connectivity index (χ1v) is 6.29. The van der Waals surface area contributed by atoms with Crippen molar-refractivity contribution in [1.29, 1.82) is 0 Å². The van der Waals surface area contributed by atoms with E-state index in [0.717, 1.165) is 28.3 Å². The van der Waals surface area contributed by atoms with E-state index >= 15 is 0 Å². The molecule has 0 aromatic heterocycles. The van der Waals surface area contributed by atoms with E-state index in [0.29, 0.717) is 13.2 Å². The molecule has 0 bridgehead atoms. The van der Waals surface area contributed by atoms with Crippen LogP contribution < -0.4 is 9.47 Å². The van der Waals surface area contributed by atoms with E-state index in [9.17, 15) is 0 Å². The fraction of sp³-hybridized carbons (Fsp3) is 0.188. The van der Waals surface area contributed by atoms with Crippen molar-refractivity contribution < 1.29 is 9.47 Å². The molecule has 3 rings (SSSR count). The van der Waals surface area contributed by atoms with E-state index in [1.54, 1.807) is 7.11 Å². The number of nitrogens with zero attached hydrogens (tertiary/aromatic N) is 1. The van der Waals surface area contributed by atoms with Gasteiger partial charge in [-0.15, -0.1) is 0 Å². The van der Waals surface area contributed by atoms with E-state index in [1.165, 1.54) is 0 Å². The molecule has 0 unspecified atom stereocenters. The summed E-state index contributed by atoms with van der Waals surface area (Å²) < 4.78 is 11.0. The summed E-state index contributed by atoms with van der Waals surface area (Å²) in [7, 11) is 1.66. The van der Waals surface area contributed by atoms with Gasteiger partial charge in [0.2, 0.25) is 0 Å². The molecule has 3 nitrogen and oxygen atoms in total. The zero-order valence-electron chi connectivity index (χ0n) is 10.8. The Bertz CT molecular complexity index is 605. The molecule has 0 saturated carbocycles. The Morgan fingerprint density at radius 2 is 1.95 bits per heavy atom. The minimum absolute atomic E-state index is 0.594. The fourth-order valence-corrected chi connectivity index (χ4v) is 2.19. The van der Waals surface area contributed by atoms with Crippen molar-refractivity contribution in [3.63, 3.8) is 0 Å². The molecule has 19 heavy (non-hydrogen) atoms. The van der Waals surface area contributed by atoms with Crippen LogP contribution in [0.3, 0.4) is 0 Å². The van der Waals surface area contributed by atoms with E-state index in [-0.39, 0.29) is 0 Å². The molecule has 0 aliphatic carbocycles. The topological polar surface area (TPSA) is 30.8 Å². The van der Waals surface area contributed by atoms with Gasteiger partial charge in [-0.1, -0.05) is 30.3 Å². The van der Waals surface area contributed by atoms with Crippen LogP contribution in [0.2, 0.25) is 0 Å². The van der Waals surface area contributed by atoms with Gasteiger partial charge in [-0.25, -0.2) is 0 Å². The van der Waals surface area contributed by atoms with Crippen LogP contribution in [0.25, 0.3) is 0 Å². The van der Waals surface area contributed by atoms with Crippen LogP contribution in [0.5, 0.6) is 11.5 Å². The molecule has 0 atom stereocenters. The number of rotatable bonds is 2. The highest BCUT2D eigenvalue weighted by Gasteiger charge is 2.16. The minimum atomic E-state index is 0.594. The first-order valence-electron chi connectivity index (χ1n) is 6.29. The number of aliphatic imine (C=N–C) groups is 1. The summed E-state index contributed by atoms with van der Waals surface area (Å²) in [4.78, 5) is 4.64. The predicted octanol–water partition coefficient (Wildman–Crippen LogP) is 2.93. The summed E-state index contributed by atoms with van der Waals surface area (Å²) in [6, 6.07) is 16.0. The molecule has 0 fully saturated rings. The smallest absolute Gasteiger partial charge is 0.132 e. The lowest BCUT2D eigenvalue weighted by molar-refractivity contribution is 0.328. The Morgan fingerprint density at radius 1 is 1.11 bits per heavy atom. The Morgan fingerprint density at radius 3 is 2.74 bits per heavy atom. The summed E-state index contributed by atoms with van der Waals surface area (Å²) in [6.07, 6.45) is 0. The Kier molecular flexibility index (Phi) is 3.19. The molecule has 3 heteroatoms. The monoisotopic (exact) mass is 253 g/mol. The molecule has 0 amide bonds.